The van der Waals surface area contributed by atoms with Crippen molar-refractivity contribution in [1.82, 2.24) is 0 Å². The molecule has 0 aromatic heterocycles. The van der Waals surface area contributed by atoms with Gasteiger partial charge in [-0.25, -0.2) is 0 Å². The van der Waals surface area contributed by atoms with Crippen molar-refractivity contribution >= 4 is 17.9 Å². The van der Waals surface area contributed by atoms with Crippen molar-refractivity contribution < 1.29 is 28.6 Å². The predicted molar refractivity (Wildman–Crippen MR) is 187 cm³/mol. The predicted octanol–water partition coefficient (Wildman–Crippen LogP) is 11.1. The number of allylic oxidation sites excluding steroid dienone is 6. The minimum Gasteiger partial charge on any atom is -0.462 e. The molecule has 1 atom stereocenters. The summed E-state index contributed by atoms with van der Waals surface area (Å²) in [4.78, 5) is 36.9. The quantitative estimate of drug-likeness (QED) is 0.0318. The molecule has 0 saturated carbocycles. The molecule has 45 heavy (non-hydrogen) atoms. The van der Waals surface area contributed by atoms with Crippen molar-refractivity contribution in [2.75, 3.05) is 13.2 Å². The van der Waals surface area contributed by atoms with Crippen molar-refractivity contribution in [3.63, 3.8) is 0 Å². The van der Waals surface area contributed by atoms with Crippen LogP contribution in [0.5, 0.6) is 0 Å². The van der Waals surface area contributed by atoms with Crippen LogP contribution in [-0.2, 0) is 28.6 Å². The van der Waals surface area contributed by atoms with E-state index in [0.717, 1.165) is 103 Å². The number of hydrogen-bond donors (Lipinski definition) is 0. The van der Waals surface area contributed by atoms with Crippen LogP contribution in [-0.4, -0.2) is 37.2 Å². The fourth-order valence-electron chi connectivity index (χ4n) is 4.86. The smallest absolute Gasteiger partial charge is 0.306 e. The number of unbranched alkanes of at least 4 members (excludes halogenated alkanes) is 15. The molecule has 0 saturated heterocycles. The molecule has 0 heterocycles. The van der Waals surface area contributed by atoms with Crippen LogP contribution in [0, 0.1) is 0 Å². The van der Waals surface area contributed by atoms with E-state index in [9.17, 15) is 14.4 Å². The largest absolute Gasteiger partial charge is 0.462 e. The van der Waals surface area contributed by atoms with E-state index in [0.29, 0.717) is 19.3 Å². The van der Waals surface area contributed by atoms with Crippen LogP contribution >= 0.6 is 0 Å². The average Bonchev–Trinajstić information content (AvgIpc) is 3.03. The van der Waals surface area contributed by atoms with Gasteiger partial charge >= 0.3 is 17.9 Å². The molecule has 6 nitrogen and oxygen atoms in total. The Labute approximate surface area is 276 Å². The van der Waals surface area contributed by atoms with E-state index in [1.807, 2.05) is 0 Å². The molecule has 0 rings (SSSR count). The van der Waals surface area contributed by atoms with E-state index in [-0.39, 0.29) is 31.1 Å². The highest BCUT2D eigenvalue weighted by atomic mass is 16.6. The first kappa shape index (κ1) is 42.6. The summed E-state index contributed by atoms with van der Waals surface area (Å²) < 4.78 is 16.4. The summed E-state index contributed by atoms with van der Waals surface area (Å²) in [5.41, 5.74) is 0. The van der Waals surface area contributed by atoms with E-state index < -0.39 is 6.10 Å². The number of carbonyl (C=O) groups is 3. The second kappa shape index (κ2) is 34.5. The Kier molecular flexibility index (Phi) is 32.7. The van der Waals surface area contributed by atoms with Crippen molar-refractivity contribution in [3.8, 4) is 0 Å². The van der Waals surface area contributed by atoms with Crippen LogP contribution in [0.2, 0.25) is 0 Å². The molecule has 0 amide bonds. The third-order valence-electron chi connectivity index (χ3n) is 7.66. The maximum absolute atomic E-state index is 12.4. The average molecular weight is 633 g/mol. The van der Waals surface area contributed by atoms with Gasteiger partial charge in [-0.15, -0.1) is 0 Å². The normalized spacial score (nSPS) is 12.3. The number of rotatable bonds is 32. The molecule has 0 aromatic carbocycles. The Morgan fingerprint density at radius 1 is 0.467 bits per heavy atom. The van der Waals surface area contributed by atoms with Crippen molar-refractivity contribution in [1.29, 1.82) is 0 Å². The zero-order valence-corrected chi connectivity index (χ0v) is 29.4. The van der Waals surface area contributed by atoms with E-state index in [2.05, 4.69) is 57.2 Å². The molecule has 260 valence electrons. The molecule has 0 fully saturated rings. The fraction of sp³-hybridized carbons (Fsp3) is 0.769. The number of esters is 3. The molecule has 0 radical (unpaired) electrons. The van der Waals surface area contributed by atoms with Crippen LogP contribution in [0.4, 0.5) is 0 Å². The Morgan fingerprint density at radius 2 is 0.867 bits per heavy atom. The van der Waals surface area contributed by atoms with Crippen LogP contribution in [0.25, 0.3) is 0 Å². The molecule has 0 aliphatic carbocycles. The third-order valence-corrected chi connectivity index (χ3v) is 7.66. The fourth-order valence-corrected chi connectivity index (χ4v) is 4.86. The van der Waals surface area contributed by atoms with Gasteiger partial charge < -0.3 is 14.2 Å². The number of carbonyl (C=O) groups excluding carboxylic acids is 3. The van der Waals surface area contributed by atoms with Gasteiger partial charge in [0.15, 0.2) is 6.10 Å². The summed E-state index contributed by atoms with van der Waals surface area (Å²) in [5, 5.41) is 0. The first-order valence-electron chi connectivity index (χ1n) is 18.5. The molecule has 6 heteroatoms. The highest BCUT2D eigenvalue weighted by Crippen LogP contribution is 2.12. The Balaban J connectivity index is 4.13. The molecule has 1 unspecified atom stereocenters. The van der Waals surface area contributed by atoms with Crippen LogP contribution in [0.3, 0.4) is 0 Å². The summed E-state index contributed by atoms with van der Waals surface area (Å²) in [6.07, 6.45) is 36.2. The van der Waals surface area contributed by atoms with Gasteiger partial charge in [0, 0.05) is 19.3 Å². The second-order valence-corrected chi connectivity index (χ2v) is 12.1. The van der Waals surface area contributed by atoms with Crippen LogP contribution in [0.1, 0.15) is 175 Å². The molecule has 0 spiro atoms. The highest BCUT2D eigenvalue weighted by molar-refractivity contribution is 5.71. The standard InChI is InChI=1S/C39H68O6/c1-4-7-10-13-14-15-16-17-18-19-20-21-22-23-24-27-29-32-38(41)44-35-36(45-39(42)33-30-26-12-9-6-3)34-43-37(40)31-28-25-11-8-5-2/h7,10,14-15,17-18,36H,4-6,8-9,11-13,16,19-35H2,1-3H3/b10-7-,15-14-,18-17-. The monoisotopic (exact) mass is 633 g/mol. The van der Waals surface area contributed by atoms with Gasteiger partial charge in [-0.1, -0.05) is 141 Å². The zero-order chi connectivity index (χ0) is 33.1. The van der Waals surface area contributed by atoms with Gasteiger partial charge in [0.05, 0.1) is 0 Å². The number of hydrogen-bond acceptors (Lipinski definition) is 6. The van der Waals surface area contributed by atoms with Crippen molar-refractivity contribution in [2.45, 2.75) is 181 Å². The SMILES string of the molecule is CC/C=C\C/C=C\C/C=C\CCCCCCCCCC(=O)OCC(COC(=O)CCCCCCC)OC(=O)CCCCCCC. The number of ether oxygens (including phenoxy) is 3. The molecular weight excluding hydrogens is 564 g/mol. The Hall–Kier alpha value is -2.37. The molecule has 0 bridgehead atoms. The minimum atomic E-state index is -0.764. The molecule has 0 aromatic rings. The van der Waals surface area contributed by atoms with Gasteiger partial charge in [0.1, 0.15) is 13.2 Å². The van der Waals surface area contributed by atoms with Gasteiger partial charge in [-0.2, -0.15) is 0 Å². The lowest BCUT2D eigenvalue weighted by Gasteiger charge is -2.18. The minimum absolute atomic E-state index is 0.0770. The topological polar surface area (TPSA) is 78.9 Å². The maximum atomic E-state index is 12.4. The van der Waals surface area contributed by atoms with E-state index >= 15 is 0 Å². The molecule has 0 aliphatic heterocycles. The first-order valence-corrected chi connectivity index (χ1v) is 18.5. The summed E-state index contributed by atoms with van der Waals surface area (Å²) in [6.45, 7) is 6.31. The van der Waals surface area contributed by atoms with Crippen LogP contribution in [0.15, 0.2) is 36.5 Å². The molecular formula is C39H68O6. The summed E-state index contributed by atoms with van der Waals surface area (Å²) in [6, 6.07) is 0. The lowest BCUT2D eigenvalue weighted by Crippen LogP contribution is -2.30. The van der Waals surface area contributed by atoms with Crippen LogP contribution < -0.4 is 0 Å². The van der Waals surface area contributed by atoms with E-state index in [4.69, 9.17) is 14.2 Å². The summed E-state index contributed by atoms with van der Waals surface area (Å²) >= 11 is 0. The molecule has 0 aliphatic rings. The van der Waals surface area contributed by atoms with Gasteiger partial charge in [-0.3, -0.25) is 14.4 Å². The molecule has 0 N–H and O–H groups in total. The highest BCUT2D eigenvalue weighted by Gasteiger charge is 2.19. The lowest BCUT2D eigenvalue weighted by molar-refractivity contribution is -0.167. The third kappa shape index (κ3) is 32.8. The maximum Gasteiger partial charge on any atom is 0.306 e. The van der Waals surface area contributed by atoms with Gasteiger partial charge in [-0.05, 0) is 51.4 Å². The van der Waals surface area contributed by atoms with Crippen molar-refractivity contribution in [3.05, 3.63) is 36.5 Å². The lowest BCUT2D eigenvalue weighted by atomic mass is 10.1. The van der Waals surface area contributed by atoms with E-state index in [1.54, 1.807) is 0 Å². The van der Waals surface area contributed by atoms with E-state index in [1.165, 1.54) is 32.1 Å². The van der Waals surface area contributed by atoms with Gasteiger partial charge in [0.2, 0.25) is 0 Å². The first-order chi connectivity index (χ1) is 22.0. The second-order valence-electron chi connectivity index (χ2n) is 12.1. The van der Waals surface area contributed by atoms with Gasteiger partial charge in [0.25, 0.3) is 0 Å². The Morgan fingerprint density at radius 3 is 1.36 bits per heavy atom. The van der Waals surface area contributed by atoms with Crippen molar-refractivity contribution in [2.24, 2.45) is 0 Å². The summed E-state index contributed by atoms with van der Waals surface area (Å²) in [5.74, 6) is -0.923. The Bertz CT molecular complexity index is 784. The summed E-state index contributed by atoms with van der Waals surface area (Å²) in [7, 11) is 0. The zero-order valence-electron chi connectivity index (χ0n) is 29.4.